The van der Waals surface area contributed by atoms with Gasteiger partial charge >= 0.3 is 0 Å². The Kier molecular flexibility index (Phi) is 14.0. The molecule has 0 atom stereocenters. The molecule has 3 aromatic carbocycles. The van der Waals surface area contributed by atoms with E-state index in [1.54, 1.807) is 78.0 Å². The lowest BCUT2D eigenvalue weighted by Crippen LogP contribution is -1.96. The quantitative estimate of drug-likeness (QED) is 0.164. The Bertz CT molecular complexity index is 3060. The molecule has 7 rings (SSSR count). The number of rotatable bonds is 4. The summed E-state index contributed by atoms with van der Waals surface area (Å²) in [5, 5.41) is 0. The van der Waals surface area contributed by atoms with E-state index in [2.05, 4.69) is 91.0 Å². The molecule has 0 unspecified atom stereocenters. The first-order valence-corrected chi connectivity index (χ1v) is 19.8. The van der Waals surface area contributed by atoms with Crippen LogP contribution in [0.5, 0.6) is 23.0 Å². The zero-order valence-electron chi connectivity index (χ0n) is 36.0. The monoisotopic (exact) mass is 830 g/mol. The van der Waals surface area contributed by atoms with Gasteiger partial charge in [-0.05, 0) is 73.5 Å². The smallest absolute Gasteiger partial charge is 0.136 e. The van der Waals surface area contributed by atoms with E-state index in [0.29, 0.717) is 67.5 Å². The standard InChI is InChI=1S/C56H38N4O4/c1-39-27-43(37-59-35-39)9-13-49-31-55(63-5)51(33-53(49)61-3)17-15-47-30-48(46(12-8-42-21-25-58-26-22-42)29-45(47)11-7-41-19-23-57-24-20-41)16-18-52-34-54(62-4)50(32-56(52)64-6)14-10-44-28-40(2)36-60-38-44/h19-38H,1-6H3. The van der Waals surface area contributed by atoms with Gasteiger partial charge in [-0.3, -0.25) is 19.9 Å². The summed E-state index contributed by atoms with van der Waals surface area (Å²) in [7, 11) is 6.37. The third-order valence-electron chi connectivity index (χ3n) is 9.34. The van der Waals surface area contributed by atoms with Gasteiger partial charge in [-0.15, -0.1) is 0 Å². The predicted molar refractivity (Wildman–Crippen MR) is 248 cm³/mol. The third kappa shape index (κ3) is 11.1. The van der Waals surface area contributed by atoms with Crippen LogP contribution < -0.4 is 18.9 Å². The van der Waals surface area contributed by atoms with Crippen LogP contribution in [0, 0.1) is 84.9 Å². The first-order valence-electron chi connectivity index (χ1n) is 19.8. The van der Waals surface area contributed by atoms with E-state index in [1.807, 2.05) is 86.6 Å². The Labute approximate surface area is 374 Å². The second kappa shape index (κ2) is 20.9. The largest absolute Gasteiger partial charge is 0.495 e. The third-order valence-corrected chi connectivity index (χ3v) is 9.34. The van der Waals surface area contributed by atoms with Crippen molar-refractivity contribution in [1.82, 2.24) is 19.9 Å². The van der Waals surface area contributed by atoms with E-state index >= 15 is 0 Å². The minimum absolute atomic E-state index is 0.522. The molecule has 0 amide bonds. The molecule has 8 heteroatoms. The van der Waals surface area contributed by atoms with Crippen LogP contribution >= 0.6 is 0 Å². The summed E-state index contributed by atoms with van der Waals surface area (Å²) in [4.78, 5) is 16.8. The molecule has 0 radical (unpaired) electrons. The zero-order chi connectivity index (χ0) is 44.7. The van der Waals surface area contributed by atoms with E-state index in [-0.39, 0.29) is 0 Å². The van der Waals surface area contributed by atoms with Crippen LogP contribution in [0.2, 0.25) is 0 Å². The zero-order valence-corrected chi connectivity index (χ0v) is 36.0. The van der Waals surface area contributed by atoms with Crippen molar-refractivity contribution in [3.8, 4) is 94.0 Å². The minimum atomic E-state index is 0.522. The van der Waals surface area contributed by atoms with Gasteiger partial charge < -0.3 is 18.9 Å². The number of methoxy groups -OCH3 is 4. The second-order valence-corrected chi connectivity index (χ2v) is 13.9. The van der Waals surface area contributed by atoms with Crippen molar-refractivity contribution in [3.05, 3.63) is 200 Å². The maximum Gasteiger partial charge on any atom is 0.136 e. The Morgan fingerprint density at radius 2 is 0.578 bits per heavy atom. The highest BCUT2D eigenvalue weighted by Gasteiger charge is 2.12. The number of nitrogens with zero attached hydrogens (tertiary/aromatic N) is 4. The number of hydrogen-bond acceptors (Lipinski definition) is 8. The molecule has 0 aliphatic heterocycles. The first kappa shape index (κ1) is 42.9. The van der Waals surface area contributed by atoms with Crippen LogP contribution in [-0.4, -0.2) is 48.4 Å². The van der Waals surface area contributed by atoms with Gasteiger partial charge in [0.2, 0.25) is 0 Å². The van der Waals surface area contributed by atoms with E-state index in [0.717, 1.165) is 33.4 Å². The van der Waals surface area contributed by atoms with E-state index in [1.165, 1.54) is 0 Å². The fourth-order valence-corrected chi connectivity index (χ4v) is 6.14. The molecule has 0 aliphatic carbocycles. The summed E-state index contributed by atoms with van der Waals surface area (Å²) in [6.45, 7) is 3.95. The Morgan fingerprint density at radius 3 is 0.891 bits per heavy atom. The normalized spacial score (nSPS) is 9.59. The van der Waals surface area contributed by atoms with Gasteiger partial charge in [0.05, 0.1) is 50.7 Å². The lowest BCUT2D eigenvalue weighted by Gasteiger charge is -2.09. The van der Waals surface area contributed by atoms with Gasteiger partial charge in [0.1, 0.15) is 23.0 Å². The number of ether oxygens (including phenoxy) is 4. The van der Waals surface area contributed by atoms with Gasteiger partial charge in [0.25, 0.3) is 0 Å². The number of pyridine rings is 4. The van der Waals surface area contributed by atoms with E-state index in [4.69, 9.17) is 18.9 Å². The van der Waals surface area contributed by atoms with Crippen molar-refractivity contribution in [3.63, 3.8) is 0 Å². The summed E-state index contributed by atoms with van der Waals surface area (Å²) in [6, 6.07) is 22.4. The molecule has 0 fully saturated rings. The summed E-state index contributed by atoms with van der Waals surface area (Å²) in [5.74, 6) is 41.4. The van der Waals surface area contributed by atoms with Crippen molar-refractivity contribution in [2.45, 2.75) is 13.8 Å². The fraction of sp³-hybridized carbons (Fsp3) is 0.107. The van der Waals surface area contributed by atoms with Gasteiger partial charge in [-0.25, -0.2) is 0 Å². The topological polar surface area (TPSA) is 88.5 Å². The van der Waals surface area contributed by atoms with Gasteiger partial charge in [-0.1, -0.05) is 71.0 Å². The Hall–Kier alpha value is -9.18. The van der Waals surface area contributed by atoms with Crippen molar-refractivity contribution < 1.29 is 18.9 Å². The summed E-state index contributed by atoms with van der Waals surface area (Å²) < 4.78 is 23.2. The maximum absolute atomic E-state index is 5.83. The van der Waals surface area contributed by atoms with Crippen LogP contribution in [0.25, 0.3) is 0 Å². The molecule has 306 valence electrons. The van der Waals surface area contributed by atoms with Crippen molar-refractivity contribution >= 4 is 0 Å². The molecule has 0 saturated heterocycles. The van der Waals surface area contributed by atoms with Crippen LogP contribution in [-0.2, 0) is 0 Å². The summed E-state index contributed by atoms with van der Waals surface area (Å²) >= 11 is 0. The molecular weight excluding hydrogens is 793 g/mol. The number of aryl methyl sites for hydroxylation is 2. The fourth-order valence-electron chi connectivity index (χ4n) is 6.14. The molecule has 7 aromatic rings. The van der Waals surface area contributed by atoms with Crippen molar-refractivity contribution in [2.75, 3.05) is 28.4 Å². The van der Waals surface area contributed by atoms with Crippen LogP contribution in [0.1, 0.15) is 77.9 Å². The molecule has 8 nitrogen and oxygen atoms in total. The minimum Gasteiger partial charge on any atom is -0.495 e. The highest BCUT2D eigenvalue weighted by molar-refractivity contribution is 5.67. The SMILES string of the molecule is COc1cc(C#Cc2cc(C#Cc3cc(OC)c(C#Cc4cncc(C)c4)cc3OC)c(C#Cc3ccncc3)cc2C#Cc2ccncc2)c(OC)cc1C#Cc1cncc(C)c1. The van der Waals surface area contributed by atoms with E-state index < -0.39 is 0 Å². The summed E-state index contributed by atoms with van der Waals surface area (Å²) in [5.41, 5.74) is 10.1. The predicted octanol–water partition coefficient (Wildman–Crippen LogP) is 8.32. The molecule has 64 heavy (non-hydrogen) atoms. The lowest BCUT2D eigenvalue weighted by molar-refractivity contribution is 0.401. The van der Waals surface area contributed by atoms with Gasteiger partial charge in [-0.2, -0.15) is 0 Å². The molecular formula is C56H38N4O4. The van der Waals surface area contributed by atoms with Crippen molar-refractivity contribution in [2.24, 2.45) is 0 Å². The highest BCUT2D eigenvalue weighted by Crippen LogP contribution is 2.30. The molecule has 0 saturated carbocycles. The van der Waals surface area contributed by atoms with E-state index in [9.17, 15) is 0 Å². The van der Waals surface area contributed by atoms with Crippen LogP contribution in [0.3, 0.4) is 0 Å². The maximum atomic E-state index is 5.83. The Morgan fingerprint density at radius 1 is 0.297 bits per heavy atom. The Balaban J connectivity index is 1.37. The van der Waals surface area contributed by atoms with Crippen LogP contribution in [0.15, 0.2) is 122 Å². The van der Waals surface area contributed by atoms with Crippen molar-refractivity contribution in [1.29, 1.82) is 0 Å². The number of hydrogen-bond donors (Lipinski definition) is 0. The first-order chi connectivity index (χ1) is 31.3. The lowest BCUT2D eigenvalue weighted by atomic mass is 9.97. The average Bonchev–Trinajstić information content (AvgIpc) is 3.33. The number of benzene rings is 3. The molecule has 0 N–H and O–H groups in total. The van der Waals surface area contributed by atoms with Gasteiger partial charge in [0, 0.05) is 118 Å². The molecule has 0 aliphatic rings. The molecule has 4 aromatic heterocycles. The summed E-state index contributed by atoms with van der Waals surface area (Å²) in [6.07, 6.45) is 13.8. The second-order valence-electron chi connectivity index (χ2n) is 13.9. The highest BCUT2D eigenvalue weighted by atomic mass is 16.5. The van der Waals surface area contributed by atoms with Gasteiger partial charge in [0.15, 0.2) is 0 Å². The average molecular weight is 831 g/mol. The number of aromatic nitrogens is 4. The molecule has 0 spiro atoms. The molecule has 0 bridgehead atoms. The molecule has 4 heterocycles. The van der Waals surface area contributed by atoms with Crippen LogP contribution in [0.4, 0.5) is 0 Å².